The number of carbonyl (C=O) groups excluding carboxylic acids is 2. The van der Waals surface area contributed by atoms with E-state index in [9.17, 15) is 9.59 Å². The van der Waals surface area contributed by atoms with Gasteiger partial charge in [-0.3, -0.25) is 14.6 Å². The maximum atomic E-state index is 12.6. The first-order chi connectivity index (χ1) is 14.9. The van der Waals surface area contributed by atoms with E-state index in [-0.39, 0.29) is 29.8 Å². The van der Waals surface area contributed by atoms with E-state index in [4.69, 9.17) is 16.3 Å². The summed E-state index contributed by atoms with van der Waals surface area (Å²) in [6.45, 7) is 5.67. The number of ether oxygens (including phenoxy) is 1. The zero-order valence-electron chi connectivity index (χ0n) is 18.0. The molecule has 2 aliphatic rings. The van der Waals surface area contributed by atoms with Crippen LogP contribution in [0.5, 0.6) is 5.75 Å². The molecule has 1 saturated heterocycles. The standard InChI is InChI=1S/C24H28ClN3O3/c1-16-12-18(25)6-7-21(16)31-15-22(29)28-10-8-24(9-11-28)13-20(24)23(30)26-14-19-5-3-4-17(2)27-19/h3-7,12,20H,8-11,13-15H2,1-2H3,(H,26,30)/t20-/m0/s1. The van der Waals surface area contributed by atoms with Crippen LogP contribution in [-0.2, 0) is 16.1 Å². The number of amides is 2. The van der Waals surface area contributed by atoms with Crippen LogP contribution < -0.4 is 10.1 Å². The van der Waals surface area contributed by atoms with Crippen LogP contribution in [0.15, 0.2) is 36.4 Å². The molecule has 0 unspecified atom stereocenters. The fourth-order valence-corrected chi connectivity index (χ4v) is 4.70. The van der Waals surface area contributed by atoms with E-state index in [0.717, 1.165) is 36.2 Å². The van der Waals surface area contributed by atoms with E-state index in [1.165, 1.54) is 0 Å². The van der Waals surface area contributed by atoms with Crippen molar-refractivity contribution in [2.24, 2.45) is 11.3 Å². The fourth-order valence-electron chi connectivity index (χ4n) is 4.48. The minimum absolute atomic E-state index is 0.0167. The number of aryl methyl sites for hydroxylation is 2. The summed E-state index contributed by atoms with van der Waals surface area (Å²) in [5, 5.41) is 3.68. The molecule has 31 heavy (non-hydrogen) atoms. The van der Waals surface area contributed by atoms with Crippen LogP contribution in [0.2, 0.25) is 5.02 Å². The van der Waals surface area contributed by atoms with Gasteiger partial charge in [0.1, 0.15) is 5.75 Å². The highest BCUT2D eigenvalue weighted by atomic mass is 35.5. The molecule has 1 spiro atoms. The van der Waals surface area contributed by atoms with E-state index in [0.29, 0.717) is 30.4 Å². The maximum absolute atomic E-state index is 12.6. The van der Waals surface area contributed by atoms with Crippen LogP contribution in [0.1, 0.15) is 36.2 Å². The number of nitrogens with one attached hydrogen (secondary N) is 1. The van der Waals surface area contributed by atoms with Gasteiger partial charge in [0.2, 0.25) is 5.91 Å². The van der Waals surface area contributed by atoms with Gasteiger partial charge in [0.05, 0.1) is 12.2 Å². The molecule has 0 bridgehead atoms. The summed E-state index contributed by atoms with van der Waals surface area (Å²) < 4.78 is 5.70. The van der Waals surface area contributed by atoms with Crippen molar-refractivity contribution in [1.29, 1.82) is 0 Å². The number of piperidine rings is 1. The number of hydrogen-bond donors (Lipinski definition) is 1. The van der Waals surface area contributed by atoms with Crippen molar-refractivity contribution in [2.45, 2.75) is 39.7 Å². The number of rotatable bonds is 6. The Labute approximate surface area is 187 Å². The van der Waals surface area contributed by atoms with Crippen molar-refractivity contribution in [3.63, 3.8) is 0 Å². The molecule has 2 amide bonds. The molecular weight excluding hydrogens is 414 g/mol. The Morgan fingerprint density at radius 2 is 2.00 bits per heavy atom. The van der Waals surface area contributed by atoms with E-state index >= 15 is 0 Å². The molecule has 1 N–H and O–H groups in total. The zero-order valence-corrected chi connectivity index (χ0v) is 18.7. The Bertz CT molecular complexity index is 986. The summed E-state index contributed by atoms with van der Waals surface area (Å²) in [4.78, 5) is 31.5. The van der Waals surface area contributed by atoms with Gasteiger partial charge in [-0.15, -0.1) is 0 Å². The molecule has 1 saturated carbocycles. The summed E-state index contributed by atoms with van der Waals surface area (Å²) in [7, 11) is 0. The highest BCUT2D eigenvalue weighted by Crippen LogP contribution is 2.59. The van der Waals surface area contributed by atoms with Crippen molar-refractivity contribution < 1.29 is 14.3 Å². The Kier molecular flexibility index (Phi) is 6.19. The number of carbonyl (C=O) groups is 2. The average molecular weight is 442 g/mol. The van der Waals surface area contributed by atoms with Crippen LogP contribution >= 0.6 is 11.6 Å². The summed E-state index contributed by atoms with van der Waals surface area (Å²) in [6.07, 6.45) is 2.63. The molecule has 1 atom stereocenters. The lowest BCUT2D eigenvalue weighted by atomic mass is 9.90. The number of likely N-dealkylation sites (tertiary alicyclic amines) is 1. The number of pyridine rings is 1. The molecule has 1 aliphatic carbocycles. The lowest BCUT2D eigenvalue weighted by Crippen LogP contribution is -2.42. The van der Waals surface area contributed by atoms with Crippen LogP contribution in [0, 0.1) is 25.2 Å². The molecule has 2 fully saturated rings. The Hall–Kier alpha value is -2.60. The number of halogens is 1. The van der Waals surface area contributed by atoms with Crippen molar-refractivity contribution in [3.05, 3.63) is 58.4 Å². The van der Waals surface area contributed by atoms with E-state index in [1.54, 1.807) is 12.1 Å². The average Bonchev–Trinajstić information content (AvgIpc) is 3.45. The van der Waals surface area contributed by atoms with Crippen molar-refractivity contribution in [1.82, 2.24) is 15.2 Å². The lowest BCUT2D eigenvalue weighted by molar-refractivity contribution is -0.135. The molecule has 1 aromatic carbocycles. The predicted molar refractivity (Wildman–Crippen MR) is 119 cm³/mol. The van der Waals surface area contributed by atoms with E-state index in [1.807, 2.05) is 43.0 Å². The number of hydrogen-bond acceptors (Lipinski definition) is 4. The molecular formula is C24H28ClN3O3. The highest BCUT2D eigenvalue weighted by Gasteiger charge is 2.58. The van der Waals surface area contributed by atoms with Crippen LogP contribution in [0.4, 0.5) is 0 Å². The molecule has 2 aromatic rings. The number of aromatic nitrogens is 1. The third-order valence-electron chi connectivity index (χ3n) is 6.50. The molecule has 7 heteroatoms. The zero-order chi connectivity index (χ0) is 22.0. The van der Waals surface area contributed by atoms with E-state index < -0.39 is 0 Å². The molecule has 2 heterocycles. The molecule has 164 valence electrons. The van der Waals surface area contributed by atoms with Gasteiger partial charge in [0.15, 0.2) is 6.61 Å². The van der Waals surface area contributed by atoms with Crippen molar-refractivity contribution >= 4 is 23.4 Å². The van der Waals surface area contributed by atoms with Crippen LogP contribution in [0.3, 0.4) is 0 Å². The normalized spacial score (nSPS) is 19.2. The Morgan fingerprint density at radius 1 is 1.23 bits per heavy atom. The molecule has 1 aliphatic heterocycles. The van der Waals surface area contributed by atoms with Crippen LogP contribution in [0.25, 0.3) is 0 Å². The fraction of sp³-hybridized carbons (Fsp3) is 0.458. The molecule has 0 radical (unpaired) electrons. The number of nitrogens with zero attached hydrogens (tertiary/aromatic N) is 2. The topological polar surface area (TPSA) is 71.5 Å². The first-order valence-electron chi connectivity index (χ1n) is 10.7. The van der Waals surface area contributed by atoms with Gasteiger partial charge in [-0.05, 0) is 74.4 Å². The number of benzene rings is 1. The first-order valence-corrected chi connectivity index (χ1v) is 11.1. The summed E-state index contributed by atoms with van der Waals surface area (Å²) in [6, 6.07) is 11.2. The van der Waals surface area contributed by atoms with Gasteiger partial charge < -0.3 is 15.0 Å². The first kappa shape index (κ1) is 21.6. The van der Waals surface area contributed by atoms with Gasteiger partial charge in [-0.1, -0.05) is 17.7 Å². The highest BCUT2D eigenvalue weighted by molar-refractivity contribution is 6.30. The smallest absolute Gasteiger partial charge is 0.260 e. The van der Waals surface area contributed by atoms with Gasteiger partial charge >= 0.3 is 0 Å². The van der Waals surface area contributed by atoms with Crippen LogP contribution in [-0.4, -0.2) is 41.4 Å². The van der Waals surface area contributed by atoms with Gasteiger partial charge in [-0.2, -0.15) is 0 Å². The minimum atomic E-state index is -0.0172. The third-order valence-corrected chi connectivity index (χ3v) is 6.73. The van der Waals surface area contributed by atoms with Crippen molar-refractivity contribution in [3.8, 4) is 5.75 Å². The summed E-state index contributed by atoms with van der Waals surface area (Å²) in [5.41, 5.74) is 2.78. The molecule has 6 nitrogen and oxygen atoms in total. The summed E-state index contributed by atoms with van der Waals surface area (Å²) >= 11 is 5.96. The third kappa shape index (κ3) is 5.01. The van der Waals surface area contributed by atoms with Gasteiger partial charge in [0.25, 0.3) is 5.91 Å². The quantitative estimate of drug-likeness (QED) is 0.742. The van der Waals surface area contributed by atoms with Gasteiger partial charge in [-0.25, -0.2) is 0 Å². The Balaban J connectivity index is 1.22. The minimum Gasteiger partial charge on any atom is -0.483 e. The predicted octanol–water partition coefficient (Wildman–Crippen LogP) is 3.68. The Morgan fingerprint density at radius 3 is 2.71 bits per heavy atom. The monoisotopic (exact) mass is 441 g/mol. The second kappa shape index (κ2) is 8.87. The molecule has 1 aromatic heterocycles. The SMILES string of the molecule is Cc1cccc(CNC(=O)[C@@H]2CC23CCN(C(=O)COc2ccc(Cl)cc2C)CC3)n1. The second-order valence-electron chi connectivity index (χ2n) is 8.69. The summed E-state index contributed by atoms with van der Waals surface area (Å²) in [5.74, 6) is 0.803. The molecule has 4 rings (SSSR count). The van der Waals surface area contributed by atoms with Crippen molar-refractivity contribution in [2.75, 3.05) is 19.7 Å². The lowest BCUT2D eigenvalue weighted by Gasteiger charge is -2.32. The van der Waals surface area contributed by atoms with Gasteiger partial charge in [0, 0.05) is 29.7 Å². The van der Waals surface area contributed by atoms with E-state index in [2.05, 4.69) is 10.3 Å². The largest absolute Gasteiger partial charge is 0.483 e. The maximum Gasteiger partial charge on any atom is 0.260 e. The second-order valence-corrected chi connectivity index (χ2v) is 9.12.